The number of amides is 2. The molecule has 4 rings (SSSR count). The van der Waals surface area contributed by atoms with Crippen LogP contribution in [0.3, 0.4) is 0 Å². The summed E-state index contributed by atoms with van der Waals surface area (Å²) in [6, 6.07) is 3.95. The van der Waals surface area contributed by atoms with Gasteiger partial charge in [-0.1, -0.05) is 0 Å². The van der Waals surface area contributed by atoms with Crippen LogP contribution in [0, 0.1) is 0 Å². The van der Waals surface area contributed by atoms with Gasteiger partial charge in [0.05, 0.1) is 11.8 Å². The monoisotopic (exact) mass is 373 g/mol. The van der Waals surface area contributed by atoms with Gasteiger partial charge in [-0.05, 0) is 46.5 Å². The molecule has 4 heterocycles. The summed E-state index contributed by atoms with van der Waals surface area (Å²) in [4.78, 5) is 32.3. The SMILES string of the molecule is CN(C(=O)c1cc2occc2[nH]1)C1CC2CCC(C1)N2C(=O)OC(C)(C)C. The van der Waals surface area contributed by atoms with E-state index >= 15 is 0 Å². The Morgan fingerprint density at radius 1 is 1.26 bits per heavy atom. The molecule has 2 atom stereocenters. The molecular weight excluding hydrogens is 346 g/mol. The van der Waals surface area contributed by atoms with Crippen LogP contribution in [-0.2, 0) is 4.74 Å². The highest BCUT2D eigenvalue weighted by atomic mass is 16.6. The molecule has 2 amide bonds. The van der Waals surface area contributed by atoms with Gasteiger partial charge in [-0.3, -0.25) is 4.79 Å². The molecule has 2 aromatic rings. The summed E-state index contributed by atoms with van der Waals surface area (Å²) in [5, 5.41) is 0. The standard InChI is InChI=1S/C20H27N3O4/c1-20(2,3)27-19(25)23-12-5-6-13(23)10-14(9-12)22(4)18(24)16-11-17-15(21-16)7-8-26-17/h7-8,11-14,21H,5-6,9-10H2,1-4H3. The van der Waals surface area contributed by atoms with Crippen molar-refractivity contribution < 1.29 is 18.7 Å². The molecule has 7 heteroatoms. The van der Waals surface area contributed by atoms with E-state index in [-0.39, 0.29) is 30.1 Å². The summed E-state index contributed by atoms with van der Waals surface area (Å²) in [6.45, 7) is 5.66. The molecular formula is C20H27N3O4. The molecule has 0 saturated carbocycles. The molecule has 146 valence electrons. The topological polar surface area (TPSA) is 78.8 Å². The smallest absolute Gasteiger partial charge is 0.410 e. The van der Waals surface area contributed by atoms with E-state index in [1.54, 1.807) is 12.3 Å². The number of nitrogens with zero attached hydrogens (tertiary/aromatic N) is 2. The fourth-order valence-corrected chi connectivity index (χ4v) is 4.40. The van der Waals surface area contributed by atoms with Crippen LogP contribution in [-0.4, -0.2) is 57.6 Å². The number of ether oxygens (including phenoxy) is 1. The van der Waals surface area contributed by atoms with Gasteiger partial charge in [0.15, 0.2) is 5.58 Å². The molecule has 1 N–H and O–H groups in total. The van der Waals surface area contributed by atoms with E-state index in [9.17, 15) is 9.59 Å². The minimum atomic E-state index is -0.495. The number of hydrogen-bond donors (Lipinski definition) is 1. The lowest BCUT2D eigenvalue weighted by atomic mass is 9.96. The molecule has 2 saturated heterocycles. The van der Waals surface area contributed by atoms with Crippen molar-refractivity contribution in [1.82, 2.24) is 14.8 Å². The number of aromatic nitrogens is 1. The molecule has 0 aliphatic carbocycles. The summed E-state index contributed by atoms with van der Waals surface area (Å²) in [5.41, 5.74) is 1.55. The number of carbonyl (C=O) groups excluding carboxylic acids is 2. The van der Waals surface area contributed by atoms with Crippen molar-refractivity contribution in [2.75, 3.05) is 7.05 Å². The molecule has 2 aromatic heterocycles. The second-order valence-corrected chi connectivity index (χ2v) is 8.70. The third kappa shape index (κ3) is 3.31. The van der Waals surface area contributed by atoms with E-state index in [0.717, 1.165) is 31.2 Å². The Morgan fingerprint density at radius 3 is 2.52 bits per heavy atom. The number of H-pyrrole nitrogens is 1. The Kier molecular flexibility index (Phi) is 4.20. The first-order chi connectivity index (χ1) is 12.7. The van der Waals surface area contributed by atoms with E-state index in [1.165, 1.54) is 0 Å². The highest BCUT2D eigenvalue weighted by molar-refractivity contribution is 5.96. The van der Waals surface area contributed by atoms with Crippen LogP contribution in [0.1, 0.15) is 56.9 Å². The average Bonchev–Trinajstić information content (AvgIpc) is 3.24. The molecule has 0 aromatic carbocycles. The third-order valence-corrected chi connectivity index (χ3v) is 5.65. The van der Waals surface area contributed by atoms with Crippen molar-refractivity contribution in [3.05, 3.63) is 24.1 Å². The zero-order valence-electron chi connectivity index (χ0n) is 16.3. The van der Waals surface area contributed by atoms with E-state index < -0.39 is 5.60 Å². The van der Waals surface area contributed by atoms with Gasteiger partial charge in [-0.15, -0.1) is 0 Å². The maximum absolute atomic E-state index is 12.9. The van der Waals surface area contributed by atoms with Crippen LogP contribution in [0.15, 0.2) is 22.8 Å². The van der Waals surface area contributed by atoms with Crippen molar-refractivity contribution >= 4 is 23.1 Å². The Morgan fingerprint density at radius 2 is 1.93 bits per heavy atom. The molecule has 7 nitrogen and oxygen atoms in total. The number of rotatable bonds is 2. The van der Waals surface area contributed by atoms with E-state index in [2.05, 4.69) is 4.98 Å². The van der Waals surface area contributed by atoms with E-state index in [1.807, 2.05) is 43.7 Å². The van der Waals surface area contributed by atoms with Crippen molar-refractivity contribution in [2.45, 2.75) is 70.2 Å². The first-order valence-electron chi connectivity index (χ1n) is 9.57. The van der Waals surface area contributed by atoms with E-state index in [4.69, 9.17) is 9.15 Å². The number of furan rings is 1. The van der Waals surface area contributed by atoms with Gasteiger partial charge in [0.25, 0.3) is 5.91 Å². The molecule has 2 aliphatic heterocycles. The third-order valence-electron chi connectivity index (χ3n) is 5.65. The van der Waals surface area contributed by atoms with Crippen molar-refractivity contribution in [3.8, 4) is 0 Å². The fraction of sp³-hybridized carbons (Fsp3) is 0.600. The lowest BCUT2D eigenvalue weighted by Gasteiger charge is -2.42. The second-order valence-electron chi connectivity index (χ2n) is 8.70. The Bertz CT molecular complexity index is 820. The number of piperidine rings is 1. The summed E-state index contributed by atoms with van der Waals surface area (Å²) < 4.78 is 10.9. The van der Waals surface area contributed by atoms with Crippen molar-refractivity contribution in [2.24, 2.45) is 0 Å². The molecule has 0 radical (unpaired) electrons. The van der Waals surface area contributed by atoms with Gasteiger partial charge in [-0.25, -0.2) is 4.79 Å². The maximum Gasteiger partial charge on any atom is 0.410 e. The number of carbonyl (C=O) groups is 2. The quantitative estimate of drug-likeness (QED) is 0.869. The molecule has 2 unspecified atom stereocenters. The average molecular weight is 373 g/mol. The van der Waals surface area contributed by atoms with Crippen molar-refractivity contribution in [3.63, 3.8) is 0 Å². The second kappa shape index (κ2) is 6.32. The van der Waals surface area contributed by atoms with E-state index in [0.29, 0.717) is 11.3 Å². The normalized spacial score (nSPS) is 25.0. The van der Waals surface area contributed by atoms with Crippen molar-refractivity contribution in [1.29, 1.82) is 0 Å². The largest absolute Gasteiger partial charge is 0.463 e. The zero-order chi connectivity index (χ0) is 19.3. The number of hydrogen-bond acceptors (Lipinski definition) is 4. The van der Waals surface area contributed by atoms with Gasteiger partial charge in [-0.2, -0.15) is 0 Å². The Labute approximate surface area is 158 Å². The van der Waals surface area contributed by atoms with Crippen LogP contribution in [0.5, 0.6) is 0 Å². The van der Waals surface area contributed by atoms with Gasteiger partial charge in [0.1, 0.15) is 11.3 Å². The number of nitrogens with one attached hydrogen (secondary N) is 1. The van der Waals surface area contributed by atoms with Crippen LogP contribution < -0.4 is 0 Å². The highest BCUT2D eigenvalue weighted by Crippen LogP contribution is 2.38. The summed E-state index contributed by atoms with van der Waals surface area (Å²) in [5.74, 6) is -0.0449. The zero-order valence-corrected chi connectivity index (χ0v) is 16.3. The molecule has 0 spiro atoms. The number of aromatic amines is 1. The van der Waals surface area contributed by atoms with Crippen LogP contribution in [0.2, 0.25) is 0 Å². The highest BCUT2D eigenvalue weighted by Gasteiger charge is 2.46. The van der Waals surface area contributed by atoms with Crippen LogP contribution >= 0.6 is 0 Å². The summed E-state index contributed by atoms with van der Waals surface area (Å²) >= 11 is 0. The first kappa shape index (κ1) is 17.9. The minimum absolute atomic E-state index is 0.0449. The Hall–Kier alpha value is -2.44. The van der Waals surface area contributed by atoms with Crippen LogP contribution in [0.4, 0.5) is 4.79 Å². The lowest BCUT2D eigenvalue weighted by Crippen LogP contribution is -2.53. The predicted octanol–water partition coefficient (Wildman–Crippen LogP) is 3.76. The molecule has 2 fully saturated rings. The first-order valence-corrected chi connectivity index (χ1v) is 9.57. The van der Waals surface area contributed by atoms with Gasteiger partial charge >= 0.3 is 6.09 Å². The lowest BCUT2D eigenvalue weighted by molar-refractivity contribution is -0.00116. The summed E-state index contributed by atoms with van der Waals surface area (Å²) in [7, 11) is 1.85. The predicted molar refractivity (Wildman–Crippen MR) is 101 cm³/mol. The molecule has 2 bridgehead atoms. The minimum Gasteiger partial charge on any atom is -0.463 e. The van der Waals surface area contributed by atoms with Gasteiger partial charge in [0, 0.05) is 37.3 Å². The molecule has 27 heavy (non-hydrogen) atoms. The number of fused-ring (bicyclic) bond motifs is 3. The summed E-state index contributed by atoms with van der Waals surface area (Å²) in [6.07, 6.45) is 4.88. The maximum atomic E-state index is 12.9. The Balaban J connectivity index is 1.45. The van der Waals surface area contributed by atoms with Gasteiger partial charge < -0.3 is 23.9 Å². The fourth-order valence-electron chi connectivity index (χ4n) is 4.40. The van der Waals surface area contributed by atoms with Gasteiger partial charge in [0.2, 0.25) is 0 Å². The van der Waals surface area contributed by atoms with Crippen LogP contribution in [0.25, 0.3) is 11.1 Å². The molecule has 2 aliphatic rings.